The van der Waals surface area contributed by atoms with Crippen LogP contribution in [0.1, 0.15) is 19.8 Å². The zero-order valence-corrected chi connectivity index (χ0v) is 7.82. The number of esters is 1. The molecular formula is C9H16O4. The molecule has 0 radical (unpaired) electrons. The molecule has 1 atom stereocenters. The minimum absolute atomic E-state index is 0.0809. The molecule has 0 spiro atoms. The van der Waals surface area contributed by atoms with Gasteiger partial charge < -0.3 is 14.9 Å². The van der Waals surface area contributed by atoms with E-state index < -0.39 is 11.6 Å². The molecule has 4 heteroatoms. The zero-order chi connectivity index (χ0) is 10.3. The van der Waals surface area contributed by atoms with Crippen LogP contribution in [0.3, 0.4) is 0 Å². The van der Waals surface area contributed by atoms with Crippen LogP contribution in [0, 0.1) is 0 Å². The molecule has 4 nitrogen and oxygen atoms in total. The number of ether oxygens (including phenoxy) is 1. The van der Waals surface area contributed by atoms with Crippen LogP contribution in [-0.2, 0) is 9.53 Å². The molecule has 0 heterocycles. The molecular weight excluding hydrogens is 172 g/mol. The summed E-state index contributed by atoms with van der Waals surface area (Å²) < 4.78 is 4.67. The standard InChI is InChI=1S/C9H16O4/c1-3-8(11)13-7-5-9(2,12)4-6-10/h3,10,12H,1,4-7H2,2H3. The van der Waals surface area contributed by atoms with Crippen LogP contribution in [0.15, 0.2) is 12.7 Å². The molecule has 0 aliphatic heterocycles. The molecule has 0 fully saturated rings. The van der Waals surface area contributed by atoms with Crippen LogP contribution in [0.2, 0.25) is 0 Å². The monoisotopic (exact) mass is 188 g/mol. The third-order valence-corrected chi connectivity index (χ3v) is 1.70. The van der Waals surface area contributed by atoms with Gasteiger partial charge in [0.15, 0.2) is 0 Å². The fourth-order valence-corrected chi connectivity index (χ4v) is 0.796. The minimum Gasteiger partial charge on any atom is -0.462 e. The Hall–Kier alpha value is -0.870. The molecule has 2 N–H and O–H groups in total. The van der Waals surface area contributed by atoms with Gasteiger partial charge in [-0.05, 0) is 13.3 Å². The molecule has 13 heavy (non-hydrogen) atoms. The van der Waals surface area contributed by atoms with E-state index in [2.05, 4.69) is 11.3 Å². The predicted molar refractivity (Wildman–Crippen MR) is 48.1 cm³/mol. The van der Waals surface area contributed by atoms with Crippen molar-refractivity contribution >= 4 is 5.97 Å². The SMILES string of the molecule is C=CC(=O)OCCC(C)(O)CCO. The molecule has 0 saturated heterocycles. The van der Waals surface area contributed by atoms with Crippen molar-refractivity contribution in [1.29, 1.82) is 0 Å². The summed E-state index contributed by atoms with van der Waals surface area (Å²) in [5, 5.41) is 18.1. The van der Waals surface area contributed by atoms with Crippen molar-refractivity contribution in [3.63, 3.8) is 0 Å². The molecule has 0 bridgehead atoms. The van der Waals surface area contributed by atoms with Gasteiger partial charge in [-0.1, -0.05) is 6.58 Å². The third kappa shape index (κ3) is 6.31. The first-order valence-electron chi connectivity index (χ1n) is 4.14. The Bertz CT molecular complexity index is 174. The van der Waals surface area contributed by atoms with Gasteiger partial charge in [-0.25, -0.2) is 4.79 Å². The summed E-state index contributed by atoms with van der Waals surface area (Å²) in [5.41, 5.74) is -0.976. The minimum atomic E-state index is -0.976. The van der Waals surface area contributed by atoms with Crippen molar-refractivity contribution in [2.24, 2.45) is 0 Å². The smallest absolute Gasteiger partial charge is 0.330 e. The first kappa shape index (κ1) is 12.1. The number of carbonyl (C=O) groups excluding carboxylic acids is 1. The molecule has 0 aliphatic carbocycles. The van der Waals surface area contributed by atoms with Crippen LogP contribution in [0.25, 0.3) is 0 Å². The Kier molecular flexibility index (Phi) is 5.34. The van der Waals surface area contributed by atoms with Gasteiger partial charge in [0.05, 0.1) is 12.2 Å². The number of aliphatic hydroxyl groups excluding tert-OH is 1. The highest BCUT2D eigenvalue weighted by molar-refractivity contribution is 5.81. The summed E-state index contributed by atoms with van der Waals surface area (Å²) in [4.78, 5) is 10.6. The van der Waals surface area contributed by atoms with Crippen LogP contribution in [0.5, 0.6) is 0 Å². The van der Waals surface area contributed by atoms with Crippen molar-refractivity contribution in [1.82, 2.24) is 0 Å². The van der Waals surface area contributed by atoms with E-state index in [9.17, 15) is 9.90 Å². The molecule has 76 valence electrons. The maximum absolute atomic E-state index is 10.6. The van der Waals surface area contributed by atoms with E-state index in [4.69, 9.17) is 5.11 Å². The normalized spacial score (nSPS) is 14.7. The van der Waals surface area contributed by atoms with E-state index in [1.165, 1.54) is 0 Å². The highest BCUT2D eigenvalue weighted by Crippen LogP contribution is 2.13. The molecule has 1 unspecified atom stereocenters. The summed E-state index contributed by atoms with van der Waals surface area (Å²) in [5.74, 6) is -0.500. The van der Waals surface area contributed by atoms with E-state index in [0.717, 1.165) is 6.08 Å². The Morgan fingerprint density at radius 1 is 1.62 bits per heavy atom. The lowest BCUT2D eigenvalue weighted by atomic mass is 9.99. The van der Waals surface area contributed by atoms with Crippen LogP contribution >= 0.6 is 0 Å². The molecule has 0 amide bonds. The van der Waals surface area contributed by atoms with Crippen molar-refractivity contribution in [2.45, 2.75) is 25.4 Å². The molecule has 0 aromatic carbocycles. The average Bonchev–Trinajstić information content (AvgIpc) is 2.03. The summed E-state index contributed by atoms with van der Waals surface area (Å²) in [7, 11) is 0. The third-order valence-electron chi connectivity index (χ3n) is 1.70. The predicted octanol–water partition coefficient (Wildman–Crippen LogP) is 0.239. The van der Waals surface area contributed by atoms with Gasteiger partial charge in [-0.2, -0.15) is 0 Å². The Morgan fingerprint density at radius 2 is 2.23 bits per heavy atom. The average molecular weight is 188 g/mol. The van der Waals surface area contributed by atoms with Crippen LogP contribution in [0.4, 0.5) is 0 Å². The second-order valence-electron chi connectivity index (χ2n) is 3.09. The summed E-state index contributed by atoms with van der Waals surface area (Å²) in [6, 6.07) is 0. The Labute approximate surface area is 77.8 Å². The largest absolute Gasteiger partial charge is 0.462 e. The van der Waals surface area contributed by atoms with E-state index in [1.807, 2.05) is 0 Å². The molecule has 0 rings (SSSR count). The maximum atomic E-state index is 10.6. The van der Waals surface area contributed by atoms with Crippen molar-refractivity contribution in [2.75, 3.05) is 13.2 Å². The van der Waals surface area contributed by atoms with E-state index in [0.29, 0.717) is 6.42 Å². The lowest BCUT2D eigenvalue weighted by Gasteiger charge is -2.21. The molecule has 0 aromatic heterocycles. The number of hydrogen-bond donors (Lipinski definition) is 2. The number of carbonyl (C=O) groups is 1. The van der Waals surface area contributed by atoms with Gasteiger partial charge in [0.2, 0.25) is 0 Å². The lowest BCUT2D eigenvalue weighted by Crippen LogP contribution is -2.27. The van der Waals surface area contributed by atoms with Crippen LogP contribution in [-0.4, -0.2) is 35.0 Å². The topological polar surface area (TPSA) is 66.8 Å². The van der Waals surface area contributed by atoms with E-state index >= 15 is 0 Å². The highest BCUT2D eigenvalue weighted by Gasteiger charge is 2.19. The molecule has 0 saturated carbocycles. The van der Waals surface area contributed by atoms with Gasteiger partial charge in [0.25, 0.3) is 0 Å². The molecule has 0 aromatic rings. The number of aliphatic hydroxyl groups is 2. The quantitative estimate of drug-likeness (QED) is 0.463. The highest BCUT2D eigenvalue weighted by atomic mass is 16.5. The summed E-state index contributed by atoms with van der Waals surface area (Å²) in [6.07, 6.45) is 1.66. The van der Waals surface area contributed by atoms with Gasteiger partial charge in [0.1, 0.15) is 0 Å². The van der Waals surface area contributed by atoms with Gasteiger partial charge in [0, 0.05) is 19.1 Å². The number of hydrogen-bond acceptors (Lipinski definition) is 4. The Morgan fingerprint density at radius 3 is 2.69 bits per heavy atom. The lowest BCUT2D eigenvalue weighted by molar-refractivity contribution is -0.139. The van der Waals surface area contributed by atoms with Gasteiger partial charge in [-0.15, -0.1) is 0 Å². The van der Waals surface area contributed by atoms with Crippen molar-refractivity contribution < 1.29 is 19.7 Å². The fourth-order valence-electron chi connectivity index (χ4n) is 0.796. The zero-order valence-electron chi connectivity index (χ0n) is 7.82. The maximum Gasteiger partial charge on any atom is 0.330 e. The van der Waals surface area contributed by atoms with E-state index in [1.54, 1.807) is 6.92 Å². The summed E-state index contributed by atoms with van der Waals surface area (Å²) >= 11 is 0. The Balaban J connectivity index is 3.62. The second kappa shape index (κ2) is 5.72. The summed E-state index contributed by atoms with van der Waals surface area (Å²) in [6.45, 7) is 4.88. The van der Waals surface area contributed by atoms with E-state index in [-0.39, 0.29) is 19.6 Å². The van der Waals surface area contributed by atoms with Crippen molar-refractivity contribution in [3.05, 3.63) is 12.7 Å². The fraction of sp³-hybridized carbons (Fsp3) is 0.667. The first-order chi connectivity index (χ1) is 6.02. The van der Waals surface area contributed by atoms with Gasteiger partial charge >= 0.3 is 5.97 Å². The number of rotatable bonds is 6. The second-order valence-corrected chi connectivity index (χ2v) is 3.09. The van der Waals surface area contributed by atoms with Gasteiger partial charge in [-0.3, -0.25) is 0 Å². The van der Waals surface area contributed by atoms with Crippen molar-refractivity contribution in [3.8, 4) is 0 Å². The van der Waals surface area contributed by atoms with Crippen LogP contribution < -0.4 is 0 Å². The first-order valence-corrected chi connectivity index (χ1v) is 4.14. The molecule has 0 aliphatic rings.